The van der Waals surface area contributed by atoms with Crippen LogP contribution in [0.2, 0.25) is 5.02 Å². The number of benzene rings is 1. The Labute approximate surface area is 166 Å². The minimum absolute atomic E-state index is 0. The lowest BCUT2D eigenvalue weighted by Crippen LogP contribution is -2.41. The number of hydrogen-bond donors (Lipinski definition) is 2. The zero-order valence-corrected chi connectivity index (χ0v) is 17.6. The van der Waals surface area contributed by atoms with Gasteiger partial charge in [0.2, 0.25) is 0 Å². The van der Waals surface area contributed by atoms with E-state index >= 15 is 0 Å². The van der Waals surface area contributed by atoms with Crippen LogP contribution in [0.25, 0.3) is 0 Å². The highest BCUT2D eigenvalue weighted by Crippen LogP contribution is 2.38. The monoisotopic (exact) mass is 467 g/mol. The van der Waals surface area contributed by atoms with Crippen LogP contribution in [0.5, 0.6) is 11.5 Å². The summed E-state index contributed by atoms with van der Waals surface area (Å²) in [5, 5.41) is 7.21. The Morgan fingerprint density at radius 1 is 1.29 bits per heavy atom. The third-order valence-corrected chi connectivity index (χ3v) is 3.90. The average molecular weight is 468 g/mol. The summed E-state index contributed by atoms with van der Waals surface area (Å²) in [7, 11) is 0. The van der Waals surface area contributed by atoms with Gasteiger partial charge in [-0.1, -0.05) is 18.5 Å². The van der Waals surface area contributed by atoms with Crippen molar-refractivity contribution in [3.63, 3.8) is 0 Å². The first kappa shape index (κ1) is 21.2. The van der Waals surface area contributed by atoms with E-state index in [4.69, 9.17) is 21.1 Å². The van der Waals surface area contributed by atoms with Crippen molar-refractivity contribution in [1.82, 2.24) is 10.6 Å². The molecule has 0 aliphatic carbocycles. The predicted molar refractivity (Wildman–Crippen MR) is 110 cm³/mol. The molecule has 1 aromatic carbocycles. The highest BCUT2D eigenvalue weighted by Gasteiger charge is 2.15. The van der Waals surface area contributed by atoms with E-state index in [1.54, 1.807) is 0 Å². The van der Waals surface area contributed by atoms with E-state index in [1.165, 1.54) is 0 Å². The standard InChI is InChI=1S/C17H26ClN3O2.HI/c1-4-12(3)21-17(19-5-2)20-11-13-9-14(18)16-15(10-13)22-7-6-8-23-16;/h9-10,12H,4-8,11H2,1-3H3,(H2,19,20,21);1H. The number of fused-ring (bicyclic) bond motifs is 1. The lowest BCUT2D eigenvalue weighted by atomic mass is 10.2. The van der Waals surface area contributed by atoms with Crippen LogP contribution in [0, 0.1) is 0 Å². The van der Waals surface area contributed by atoms with Crippen molar-refractivity contribution in [1.29, 1.82) is 0 Å². The number of hydrogen-bond acceptors (Lipinski definition) is 3. The Hall–Kier alpha value is -0.890. The van der Waals surface area contributed by atoms with Crippen molar-refractivity contribution in [2.45, 2.75) is 46.2 Å². The van der Waals surface area contributed by atoms with Crippen molar-refractivity contribution >= 4 is 41.5 Å². The van der Waals surface area contributed by atoms with Gasteiger partial charge in [-0.25, -0.2) is 4.99 Å². The molecule has 0 spiro atoms. The molecule has 1 aliphatic heterocycles. The molecule has 1 atom stereocenters. The van der Waals surface area contributed by atoms with Gasteiger partial charge in [-0.15, -0.1) is 24.0 Å². The van der Waals surface area contributed by atoms with Gasteiger partial charge in [0.05, 0.1) is 24.8 Å². The van der Waals surface area contributed by atoms with Crippen LogP contribution in [0.4, 0.5) is 0 Å². The van der Waals surface area contributed by atoms with Gasteiger partial charge in [-0.05, 0) is 38.0 Å². The summed E-state index contributed by atoms with van der Waals surface area (Å²) >= 11 is 6.32. The maximum Gasteiger partial charge on any atom is 0.191 e. The van der Waals surface area contributed by atoms with Crippen LogP contribution >= 0.6 is 35.6 Å². The van der Waals surface area contributed by atoms with Crippen molar-refractivity contribution in [3.05, 3.63) is 22.7 Å². The second-order valence-electron chi connectivity index (χ2n) is 5.60. The van der Waals surface area contributed by atoms with Crippen LogP contribution < -0.4 is 20.1 Å². The van der Waals surface area contributed by atoms with Gasteiger partial charge in [0.15, 0.2) is 17.5 Å². The largest absolute Gasteiger partial charge is 0.489 e. The van der Waals surface area contributed by atoms with Crippen molar-refractivity contribution < 1.29 is 9.47 Å². The van der Waals surface area contributed by atoms with E-state index < -0.39 is 0 Å². The Kier molecular flexibility index (Phi) is 9.58. The first-order chi connectivity index (χ1) is 11.1. The van der Waals surface area contributed by atoms with Gasteiger partial charge in [-0.3, -0.25) is 0 Å². The maximum atomic E-state index is 6.32. The third kappa shape index (κ3) is 6.20. The van der Waals surface area contributed by atoms with Gasteiger partial charge in [0, 0.05) is 19.0 Å². The quantitative estimate of drug-likeness (QED) is 0.391. The number of rotatable bonds is 5. The summed E-state index contributed by atoms with van der Waals surface area (Å²) < 4.78 is 11.4. The lowest BCUT2D eigenvalue weighted by molar-refractivity contribution is 0.297. The molecule has 0 aromatic heterocycles. The zero-order valence-electron chi connectivity index (χ0n) is 14.5. The Morgan fingerprint density at radius 2 is 2.04 bits per heavy atom. The van der Waals surface area contributed by atoms with Crippen LogP contribution in [0.15, 0.2) is 17.1 Å². The molecule has 1 aliphatic rings. The van der Waals surface area contributed by atoms with Crippen LogP contribution in [-0.4, -0.2) is 31.8 Å². The molecule has 5 nitrogen and oxygen atoms in total. The van der Waals surface area contributed by atoms with E-state index in [1.807, 2.05) is 12.1 Å². The fraction of sp³-hybridized carbons (Fsp3) is 0.588. The normalized spacial score (nSPS) is 15.1. The summed E-state index contributed by atoms with van der Waals surface area (Å²) in [5.74, 6) is 2.16. The second kappa shape index (κ2) is 10.9. The molecular formula is C17H27ClIN3O2. The molecule has 0 fully saturated rings. The minimum atomic E-state index is 0. The Morgan fingerprint density at radius 3 is 2.75 bits per heavy atom. The van der Waals surface area contributed by atoms with Gasteiger partial charge in [-0.2, -0.15) is 0 Å². The topological polar surface area (TPSA) is 54.9 Å². The van der Waals surface area contributed by atoms with Crippen LogP contribution in [-0.2, 0) is 6.54 Å². The lowest BCUT2D eigenvalue weighted by Gasteiger charge is -2.16. The Bertz CT molecular complexity index is 555. The number of nitrogens with one attached hydrogen (secondary N) is 2. The molecule has 1 aromatic rings. The van der Waals surface area contributed by atoms with Crippen molar-refractivity contribution in [2.75, 3.05) is 19.8 Å². The second-order valence-corrected chi connectivity index (χ2v) is 6.01. The number of guanidine groups is 1. The smallest absolute Gasteiger partial charge is 0.191 e. The first-order valence-electron chi connectivity index (χ1n) is 8.26. The summed E-state index contributed by atoms with van der Waals surface area (Å²) in [6, 6.07) is 4.23. The first-order valence-corrected chi connectivity index (χ1v) is 8.64. The third-order valence-electron chi connectivity index (χ3n) is 3.62. The van der Waals surface area contributed by atoms with E-state index in [0.29, 0.717) is 42.3 Å². The zero-order chi connectivity index (χ0) is 16.7. The highest BCUT2D eigenvalue weighted by molar-refractivity contribution is 14.0. The summed E-state index contributed by atoms with van der Waals surface area (Å²) in [5.41, 5.74) is 1.00. The number of nitrogens with zero attached hydrogens (tertiary/aromatic N) is 1. The van der Waals surface area contributed by atoms with Gasteiger partial charge >= 0.3 is 0 Å². The van der Waals surface area contributed by atoms with E-state index in [2.05, 4.69) is 36.4 Å². The highest BCUT2D eigenvalue weighted by atomic mass is 127. The molecule has 2 N–H and O–H groups in total. The van der Waals surface area contributed by atoms with Gasteiger partial charge < -0.3 is 20.1 Å². The van der Waals surface area contributed by atoms with Crippen LogP contribution in [0.3, 0.4) is 0 Å². The molecule has 0 radical (unpaired) electrons. The van der Waals surface area contributed by atoms with E-state index in [9.17, 15) is 0 Å². The molecular weight excluding hydrogens is 441 g/mol. The number of halogens is 2. The SMILES string of the molecule is CCNC(=NCc1cc(Cl)c2c(c1)OCCCO2)NC(C)CC.I. The summed E-state index contributed by atoms with van der Waals surface area (Å²) in [4.78, 5) is 4.62. The summed E-state index contributed by atoms with van der Waals surface area (Å²) in [6.07, 6.45) is 1.90. The number of ether oxygens (including phenoxy) is 2. The maximum absolute atomic E-state index is 6.32. The molecule has 2 rings (SSSR count). The fourth-order valence-electron chi connectivity index (χ4n) is 2.20. The fourth-order valence-corrected chi connectivity index (χ4v) is 2.49. The molecule has 0 saturated carbocycles. The molecule has 0 bridgehead atoms. The van der Waals surface area contributed by atoms with E-state index in [-0.39, 0.29) is 24.0 Å². The molecule has 1 unspecified atom stereocenters. The van der Waals surface area contributed by atoms with Crippen LogP contribution in [0.1, 0.15) is 39.2 Å². The van der Waals surface area contributed by atoms with E-state index in [0.717, 1.165) is 30.9 Å². The van der Waals surface area contributed by atoms with Crippen molar-refractivity contribution in [3.8, 4) is 11.5 Å². The molecule has 1 heterocycles. The van der Waals surface area contributed by atoms with Gasteiger partial charge in [0.25, 0.3) is 0 Å². The van der Waals surface area contributed by atoms with Gasteiger partial charge in [0.1, 0.15) is 0 Å². The molecule has 7 heteroatoms. The predicted octanol–water partition coefficient (Wildman–Crippen LogP) is 3.97. The number of aliphatic imine (C=N–C) groups is 1. The summed E-state index contributed by atoms with van der Waals surface area (Å²) in [6.45, 7) is 8.97. The Balaban J connectivity index is 0.00000288. The minimum Gasteiger partial charge on any atom is -0.489 e. The molecule has 136 valence electrons. The van der Waals surface area contributed by atoms with Crippen molar-refractivity contribution in [2.24, 2.45) is 4.99 Å². The average Bonchev–Trinajstić information content (AvgIpc) is 2.78. The molecule has 0 saturated heterocycles. The molecule has 0 amide bonds. The molecule has 24 heavy (non-hydrogen) atoms.